The number of rotatable bonds is 5. The van der Waals surface area contributed by atoms with Crippen LogP contribution in [0.4, 0.5) is 18.0 Å². The van der Waals surface area contributed by atoms with Gasteiger partial charge in [-0.2, -0.15) is 13.2 Å². The summed E-state index contributed by atoms with van der Waals surface area (Å²) in [4.78, 5) is 26.9. The summed E-state index contributed by atoms with van der Waals surface area (Å²) in [6.07, 6.45) is -5.52. The van der Waals surface area contributed by atoms with Crippen LogP contribution < -0.4 is 10.1 Å². The molecule has 200 valence electrons. The first-order valence-corrected chi connectivity index (χ1v) is 12.2. The molecular formula is C25H25Cl2F3N2O5. The number of piperidine rings is 1. The third-order valence-electron chi connectivity index (χ3n) is 7.07. The van der Waals surface area contributed by atoms with E-state index in [1.807, 2.05) is 18.2 Å². The Morgan fingerprint density at radius 1 is 1.11 bits per heavy atom. The van der Waals surface area contributed by atoms with Gasteiger partial charge in [-0.3, -0.25) is 4.79 Å². The summed E-state index contributed by atoms with van der Waals surface area (Å²) in [5.41, 5.74) is -4.09. The highest BCUT2D eigenvalue weighted by molar-refractivity contribution is 6.34. The number of carbonyl (C=O) groups is 2. The monoisotopic (exact) mass is 560 g/mol. The molecule has 2 saturated heterocycles. The first-order chi connectivity index (χ1) is 17.5. The van der Waals surface area contributed by atoms with Crippen LogP contribution in [0.15, 0.2) is 42.5 Å². The lowest BCUT2D eigenvalue weighted by atomic mass is 9.74. The number of likely N-dealkylation sites (tertiary alicyclic amines) is 1. The van der Waals surface area contributed by atoms with Crippen molar-refractivity contribution >= 4 is 35.2 Å². The molecule has 1 spiro atoms. The number of hydrogen-bond acceptors (Lipinski definition) is 5. The summed E-state index contributed by atoms with van der Waals surface area (Å²) in [6.45, 7) is 0.0409. The smallest absolute Gasteiger partial charge is 0.430 e. The average molecular weight is 561 g/mol. The first kappa shape index (κ1) is 27.3. The van der Waals surface area contributed by atoms with E-state index in [4.69, 9.17) is 37.4 Å². The van der Waals surface area contributed by atoms with Gasteiger partial charge in [0, 0.05) is 66.7 Å². The molecule has 2 amide bonds. The topological polar surface area (TPSA) is 77.1 Å². The van der Waals surface area contributed by atoms with Crippen LogP contribution in [-0.2, 0) is 19.9 Å². The maximum Gasteiger partial charge on any atom is 0.430 e. The summed E-state index contributed by atoms with van der Waals surface area (Å²) in [5.74, 6) is -1.05. The average Bonchev–Trinajstić information content (AvgIpc) is 2.84. The van der Waals surface area contributed by atoms with Gasteiger partial charge in [0.1, 0.15) is 11.4 Å². The van der Waals surface area contributed by atoms with Crippen LogP contribution in [0.3, 0.4) is 0 Å². The van der Waals surface area contributed by atoms with Crippen LogP contribution >= 0.6 is 23.2 Å². The van der Waals surface area contributed by atoms with Crippen molar-refractivity contribution < 1.29 is 37.0 Å². The van der Waals surface area contributed by atoms with Crippen molar-refractivity contribution in [2.45, 2.75) is 36.1 Å². The van der Waals surface area contributed by atoms with E-state index in [1.54, 1.807) is 6.07 Å². The number of alkyl halides is 3. The SMILES string of the molecule is COc1ccccc1[C@@H]1CNC(=O)OC12CCN(C(=O)[C@](OC)(c1cc(Cl)cc(Cl)c1)C(F)(F)F)CC2. The van der Waals surface area contributed by atoms with E-state index in [1.165, 1.54) is 13.2 Å². The molecule has 2 aliphatic heterocycles. The van der Waals surface area contributed by atoms with E-state index < -0.39 is 34.9 Å². The fourth-order valence-corrected chi connectivity index (χ4v) is 5.78. The Labute approximate surface area is 221 Å². The van der Waals surface area contributed by atoms with Crippen molar-refractivity contribution in [1.82, 2.24) is 10.2 Å². The molecular weight excluding hydrogens is 536 g/mol. The molecule has 2 atom stereocenters. The highest BCUT2D eigenvalue weighted by Gasteiger charge is 2.64. The first-order valence-electron chi connectivity index (χ1n) is 11.4. The number of halogens is 5. The number of alkyl carbamates (subject to hydrolysis) is 1. The minimum atomic E-state index is -5.12. The summed E-state index contributed by atoms with van der Waals surface area (Å²) in [6, 6.07) is 10.6. The lowest BCUT2D eigenvalue weighted by molar-refractivity contribution is -0.271. The third kappa shape index (κ3) is 4.82. The quantitative estimate of drug-likeness (QED) is 0.537. The number of benzene rings is 2. The number of amides is 2. The lowest BCUT2D eigenvalue weighted by Gasteiger charge is -2.49. The van der Waals surface area contributed by atoms with Crippen molar-refractivity contribution in [3.63, 3.8) is 0 Å². The van der Waals surface area contributed by atoms with E-state index >= 15 is 0 Å². The molecule has 2 aromatic carbocycles. The van der Waals surface area contributed by atoms with Gasteiger partial charge < -0.3 is 24.4 Å². The fraction of sp³-hybridized carbons (Fsp3) is 0.440. The Bertz CT molecular complexity index is 1170. The second-order valence-corrected chi connectivity index (χ2v) is 9.84. The molecule has 7 nitrogen and oxygen atoms in total. The number of para-hydroxylation sites is 1. The van der Waals surface area contributed by atoms with Crippen LogP contribution in [0, 0.1) is 0 Å². The van der Waals surface area contributed by atoms with E-state index in [0.29, 0.717) is 5.75 Å². The van der Waals surface area contributed by atoms with E-state index in [2.05, 4.69) is 5.32 Å². The number of carbonyl (C=O) groups excluding carboxylic acids is 2. The van der Waals surface area contributed by atoms with Gasteiger partial charge in [-0.15, -0.1) is 0 Å². The highest BCUT2D eigenvalue weighted by Crippen LogP contribution is 2.48. The van der Waals surface area contributed by atoms with Gasteiger partial charge in [0.15, 0.2) is 0 Å². The molecule has 0 aliphatic carbocycles. The van der Waals surface area contributed by atoms with Crippen molar-refractivity contribution in [2.24, 2.45) is 0 Å². The molecule has 2 aromatic rings. The standard InChI is InChI=1S/C25H25Cl2F3N2O5/c1-35-20-6-4-3-5-18(20)19-14-31-22(34)37-23(19)7-9-32(10-8-23)21(33)24(36-2,25(28,29)30)15-11-16(26)13-17(27)12-15/h3-6,11-13,19H,7-10,14H2,1-2H3,(H,31,34)/t19-,24+/m0/s1. The molecule has 37 heavy (non-hydrogen) atoms. The van der Waals surface area contributed by atoms with E-state index in [-0.39, 0.29) is 48.4 Å². The number of methoxy groups -OCH3 is 2. The van der Waals surface area contributed by atoms with E-state index in [9.17, 15) is 22.8 Å². The highest BCUT2D eigenvalue weighted by atomic mass is 35.5. The molecule has 0 aromatic heterocycles. The largest absolute Gasteiger partial charge is 0.496 e. The number of nitrogens with one attached hydrogen (secondary N) is 1. The number of hydrogen-bond donors (Lipinski definition) is 1. The van der Waals surface area contributed by atoms with Gasteiger partial charge in [-0.05, 0) is 24.3 Å². The minimum absolute atomic E-state index is 0.0696. The predicted octanol–water partition coefficient (Wildman–Crippen LogP) is 5.29. The summed E-state index contributed by atoms with van der Waals surface area (Å²) in [5, 5.41) is 2.54. The van der Waals surface area contributed by atoms with Gasteiger partial charge in [0.25, 0.3) is 11.5 Å². The van der Waals surface area contributed by atoms with Crippen molar-refractivity contribution in [2.75, 3.05) is 33.9 Å². The van der Waals surface area contributed by atoms with Gasteiger partial charge >= 0.3 is 12.3 Å². The zero-order chi connectivity index (χ0) is 27.0. The number of nitrogens with zero attached hydrogens (tertiary/aromatic N) is 1. The molecule has 4 rings (SSSR count). The molecule has 0 radical (unpaired) electrons. The zero-order valence-corrected chi connectivity index (χ0v) is 21.5. The molecule has 0 unspecified atom stereocenters. The molecule has 0 saturated carbocycles. The van der Waals surface area contributed by atoms with Crippen LogP contribution in [0.2, 0.25) is 10.0 Å². The molecule has 2 aliphatic rings. The second kappa shape index (κ2) is 10.2. The lowest BCUT2D eigenvalue weighted by Crippen LogP contribution is -2.62. The molecule has 2 heterocycles. The summed E-state index contributed by atoms with van der Waals surface area (Å²) < 4.78 is 59.8. The molecule has 1 N–H and O–H groups in total. The van der Waals surface area contributed by atoms with Crippen molar-refractivity contribution in [3.05, 3.63) is 63.6 Å². The maximum atomic E-state index is 14.5. The van der Waals surface area contributed by atoms with Gasteiger partial charge in [0.05, 0.1) is 7.11 Å². The van der Waals surface area contributed by atoms with Crippen molar-refractivity contribution in [1.29, 1.82) is 0 Å². The van der Waals surface area contributed by atoms with Crippen LogP contribution in [0.25, 0.3) is 0 Å². The van der Waals surface area contributed by atoms with Crippen LogP contribution in [-0.4, -0.2) is 62.5 Å². The Morgan fingerprint density at radius 2 is 1.73 bits per heavy atom. The molecule has 2 fully saturated rings. The fourth-order valence-electron chi connectivity index (χ4n) is 5.26. The number of ether oxygens (including phenoxy) is 3. The zero-order valence-electron chi connectivity index (χ0n) is 20.0. The Kier molecular flexibility index (Phi) is 7.56. The Hall–Kier alpha value is -2.69. The van der Waals surface area contributed by atoms with Crippen LogP contribution in [0.5, 0.6) is 5.75 Å². The maximum absolute atomic E-state index is 14.5. The normalized spacial score (nSPS) is 21.1. The van der Waals surface area contributed by atoms with Gasteiger partial charge in [0.2, 0.25) is 0 Å². The van der Waals surface area contributed by atoms with E-state index in [0.717, 1.165) is 29.7 Å². The predicted molar refractivity (Wildman–Crippen MR) is 130 cm³/mol. The summed E-state index contributed by atoms with van der Waals surface area (Å²) in [7, 11) is 2.34. The molecule has 12 heteroatoms. The Balaban J connectivity index is 1.66. The third-order valence-corrected chi connectivity index (χ3v) is 7.50. The van der Waals surface area contributed by atoms with Gasteiger partial charge in [-0.1, -0.05) is 41.4 Å². The summed E-state index contributed by atoms with van der Waals surface area (Å²) >= 11 is 11.9. The minimum Gasteiger partial charge on any atom is -0.496 e. The Morgan fingerprint density at radius 3 is 2.30 bits per heavy atom. The second-order valence-electron chi connectivity index (χ2n) is 8.96. The van der Waals surface area contributed by atoms with Gasteiger partial charge in [-0.25, -0.2) is 4.79 Å². The van der Waals surface area contributed by atoms with Crippen molar-refractivity contribution in [3.8, 4) is 5.75 Å². The van der Waals surface area contributed by atoms with Crippen LogP contribution in [0.1, 0.15) is 29.9 Å². The molecule has 0 bridgehead atoms.